The van der Waals surface area contributed by atoms with Gasteiger partial charge in [0, 0.05) is 38.3 Å². The number of anilines is 2. The molecule has 0 aromatic carbocycles. The summed E-state index contributed by atoms with van der Waals surface area (Å²) < 4.78 is 0. The van der Waals surface area contributed by atoms with E-state index in [1.165, 1.54) is 0 Å². The third kappa shape index (κ3) is 3.05. The number of rotatable bonds is 3. The van der Waals surface area contributed by atoms with Crippen molar-refractivity contribution in [3.63, 3.8) is 0 Å². The molecular weight excluding hydrogens is 278 g/mol. The quantitative estimate of drug-likeness (QED) is 0.941. The Hall–Kier alpha value is -2.50. The van der Waals surface area contributed by atoms with Crippen LogP contribution in [0.2, 0.25) is 0 Å². The van der Waals surface area contributed by atoms with Crippen molar-refractivity contribution in [1.82, 2.24) is 19.9 Å². The van der Waals surface area contributed by atoms with E-state index in [1.54, 1.807) is 19.3 Å². The molecule has 1 saturated heterocycles. The lowest BCUT2D eigenvalue weighted by atomic mass is 10.1. The van der Waals surface area contributed by atoms with Crippen LogP contribution in [-0.4, -0.2) is 38.8 Å². The van der Waals surface area contributed by atoms with Crippen LogP contribution in [-0.2, 0) is 4.79 Å². The van der Waals surface area contributed by atoms with Crippen molar-refractivity contribution in [1.29, 1.82) is 0 Å². The zero-order valence-electron chi connectivity index (χ0n) is 12.8. The van der Waals surface area contributed by atoms with E-state index in [1.807, 2.05) is 30.0 Å². The molecule has 1 atom stereocenters. The van der Waals surface area contributed by atoms with E-state index in [0.29, 0.717) is 5.95 Å². The van der Waals surface area contributed by atoms with Crippen LogP contribution < -0.4 is 5.32 Å². The number of aryl methyl sites for hydroxylation is 1. The molecule has 2 aromatic rings. The van der Waals surface area contributed by atoms with E-state index in [9.17, 15) is 4.79 Å². The fourth-order valence-corrected chi connectivity index (χ4v) is 2.67. The molecule has 1 aliphatic rings. The van der Waals surface area contributed by atoms with Crippen LogP contribution in [0, 0.1) is 6.92 Å². The van der Waals surface area contributed by atoms with Crippen molar-refractivity contribution in [3.05, 3.63) is 41.9 Å². The summed E-state index contributed by atoms with van der Waals surface area (Å²) in [5.41, 5.74) is 2.01. The number of nitrogens with zero attached hydrogens (tertiary/aromatic N) is 4. The molecule has 2 aromatic heterocycles. The van der Waals surface area contributed by atoms with Gasteiger partial charge in [0.05, 0.1) is 5.69 Å². The molecule has 0 saturated carbocycles. The minimum atomic E-state index is 0.124. The predicted octanol–water partition coefficient (Wildman–Crippen LogP) is 2.26. The first kappa shape index (κ1) is 14.4. The molecular formula is C16H19N5O. The number of amides is 1. The Balaban J connectivity index is 1.76. The Morgan fingerprint density at radius 2 is 2.18 bits per heavy atom. The van der Waals surface area contributed by atoms with E-state index in [4.69, 9.17) is 0 Å². The van der Waals surface area contributed by atoms with Crippen LogP contribution in [0.1, 0.15) is 30.5 Å². The highest BCUT2D eigenvalue weighted by atomic mass is 16.2. The number of likely N-dealkylation sites (tertiary alicyclic amines) is 1. The van der Waals surface area contributed by atoms with E-state index in [0.717, 1.165) is 36.6 Å². The minimum Gasteiger partial charge on any atom is -0.342 e. The van der Waals surface area contributed by atoms with Crippen LogP contribution >= 0.6 is 0 Å². The van der Waals surface area contributed by atoms with E-state index >= 15 is 0 Å². The van der Waals surface area contributed by atoms with Crippen molar-refractivity contribution in [2.45, 2.75) is 26.2 Å². The number of hydrogen-bond donors (Lipinski definition) is 1. The van der Waals surface area contributed by atoms with Crippen LogP contribution in [0.4, 0.5) is 11.8 Å². The van der Waals surface area contributed by atoms with Gasteiger partial charge < -0.3 is 10.2 Å². The average molecular weight is 297 g/mol. The molecule has 0 spiro atoms. The predicted molar refractivity (Wildman–Crippen MR) is 83.9 cm³/mol. The lowest BCUT2D eigenvalue weighted by Crippen LogP contribution is -2.25. The second kappa shape index (κ2) is 6.09. The van der Waals surface area contributed by atoms with Crippen LogP contribution in [0.3, 0.4) is 0 Å². The standard InChI is InChI=1S/C16H19N5O/c1-11-4-3-7-17-15(11)20-16-18-8-5-14(19-16)13-6-9-21(10-13)12(2)22/h3-5,7-8,13H,6,9-10H2,1-2H3,(H,17,18,19,20)/t13-/m0/s1. The van der Waals surface area contributed by atoms with Crippen LogP contribution in [0.5, 0.6) is 0 Å². The van der Waals surface area contributed by atoms with Gasteiger partial charge in [-0.3, -0.25) is 4.79 Å². The third-order valence-corrected chi connectivity index (χ3v) is 3.97. The van der Waals surface area contributed by atoms with E-state index in [2.05, 4.69) is 20.3 Å². The first-order valence-electron chi connectivity index (χ1n) is 7.40. The van der Waals surface area contributed by atoms with Gasteiger partial charge in [-0.15, -0.1) is 0 Å². The molecule has 1 amide bonds. The normalized spacial score (nSPS) is 17.5. The maximum Gasteiger partial charge on any atom is 0.228 e. The monoisotopic (exact) mass is 297 g/mol. The maximum atomic E-state index is 11.4. The van der Waals surface area contributed by atoms with Crippen molar-refractivity contribution >= 4 is 17.7 Å². The second-order valence-electron chi connectivity index (χ2n) is 5.55. The molecule has 1 fully saturated rings. The molecule has 0 bridgehead atoms. The number of pyridine rings is 1. The van der Waals surface area contributed by atoms with Gasteiger partial charge in [0.1, 0.15) is 5.82 Å². The van der Waals surface area contributed by atoms with Crippen molar-refractivity contribution in [2.24, 2.45) is 0 Å². The molecule has 3 heterocycles. The summed E-state index contributed by atoms with van der Waals surface area (Å²) in [4.78, 5) is 26.4. The summed E-state index contributed by atoms with van der Waals surface area (Å²) in [5, 5.41) is 3.16. The summed E-state index contributed by atoms with van der Waals surface area (Å²) in [6, 6.07) is 5.80. The number of carbonyl (C=O) groups is 1. The fourth-order valence-electron chi connectivity index (χ4n) is 2.67. The highest BCUT2D eigenvalue weighted by Gasteiger charge is 2.26. The molecule has 0 unspecified atom stereocenters. The highest BCUT2D eigenvalue weighted by molar-refractivity contribution is 5.73. The first-order valence-corrected chi connectivity index (χ1v) is 7.40. The average Bonchev–Trinajstić information content (AvgIpc) is 3.00. The lowest BCUT2D eigenvalue weighted by Gasteiger charge is -2.14. The Kier molecular flexibility index (Phi) is 4.00. The molecule has 3 rings (SSSR count). The van der Waals surface area contributed by atoms with E-state index in [-0.39, 0.29) is 11.8 Å². The number of carbonyl (C=O) groups excluding carboxylic acids is 1. The van der Waals surface area contributed by atoms with Crippen molar-refractivity contribution in [3.8, 4) is 0 Å². The Labute approximate surface area is 129 Å². The number of hydrogen-bond acceptors (Lipinski definition) is 5. The molecule has 1 N–H and O–H groups in total. The van der Waals surface area contributed by atoms with Gasteiger partial charge >= 0.3 is 0 Å². The Morgan fingerprint density at radius 3 is 2.91 bits per heavy atom. The summed E-state index contributed by atoms with van der Waals surface area (Å²) in [6.07, 6.45) is 4.43. The lowest BCUT2D eigenvalue weighted by molar-refractivity contribution is -0.127. The van der Waals surface area contributed by atoms with E-state index < -0.39 is 0 Å². The third-order valence-electron chi connectivity index (χ3n) is 3.97. The molecule has 6 nitrogen and oxygen atoms in total. The van der Waals surface area contributed by atoms with Gasteiger partial charge in [-0.25, -0.2) is 15.0 Å². The molecule has 0 radical (unpaired) electrons. The van der Waals surface area contributed by atoms with Gasteiger partial charge in [0.25, 0.3) is 0 Å². The summed E-state index contributed by atoms with van der Waals surface area (Å²) in [5.74, 6) is 1.70. The van der Waals surface area contributed by atoms with Gasteiger partial charge in [0.15, 0.2) is 0 Å². The van der Waals surface area contributed by atoms with Gasteiger partial charge in [-0.1, -0.05) is 6.07 Å². The van der Waals surface area contributed by atoms with Crippen LogP contribution in [0.15, 0.2) is 30.6 Å². The molecule has 1 aliphatic heterocycles. The number of nitrogens with one attached hydrogen (secondary N) is 1. The largest absolute Gasteiger partial charge is 0.342 e. The first-order chi connectivity index (χ1) is 10.6. The number of aromatic nitrogens is 3. The summed E-state index contributed by atoms with van der Waals surface area (Å²) >= 11 is 0. The molecule has 6 heteroatoms. The molecule has 22 heavy (non-hydrogen) atoms. The zero-order chi connectivity index (χ0) is 15.5. The Bertz CT molecular complexity index is 688. The van der Waals surface area contributed by atoms with Gasteiger partial charge in [-0.2, -0.15) is 0 Å². The Morgan fingerprint density at radius 1 is 1.32 bits per heavy atom. The fraction of sp³-hybridized carbons (Fsp3) is 0.375. The highest BCUT2D eigenvalue weighted by Crippen LogP contribution is 2.26. The van der Waals surface area contributed by atoms with Gasteiger partial charge in [0.2, 0.25) is 11.9 Å². The summed E-state index contributed by atoms with van der Waals surface area (Å²) in [6.45, 7) is 5.13. The SMILES string of the molecule is CC(=O)N1CC[C@H](c2ccnc(Nc3ncccc3C)n2)C1. The molecule has 0 aliphatic carbocycles. The topological polar surface area (TPSA) is 71.0 Å². The van der Waals surface area contributed by atoms with Gasteiger partial charge in [-0.05, 0) is 31.0 Å². The van der Waals surface area contributed by atoms with Crippen molar-refractivity contribution in [2.75, 3.05) is 18.4 Å². The summed E-state index contributed by atoms with van der Waals surface area (Å²) in [7, 11) is 0. The van der Waals surface area contributed by atoms with Crippen LogP contribution in [0.25, 0.3) is 0 Å². The second-order valence-corrected chi connectivity index (χ2v) is 5.55. The van der Waals surface area contributed by atoms with Crippen molar-refractivity contribution < 1.29 is 4.79 Å². The zero-order valence-corrected chi connectivity index (χ0v) is 12.8. The molecule has 114 valence electrons. The smallest absolute Gasteiger partial charge is 0.228 e. The maximum absolute atomic E-state index is 11.4. The minimum absolute atomic E-state index is 0.124.